The number of hydrogen-bond donors (Lipinski definition) is 0. The molecule has 0 amide bonds. The van der Waals surface area contributed by atoms with E-state index in [1.165, 1.54) is 73.9 Å². The summed E-state index contributed by atoms with van der Waals surface area (Å²) >= 11 is 1.97. The second-order valence-corrected chi connectivity index (χ2v) is 9.69. The van der Waals surface area contributed by atoms with E-state index in [2.05, 4.69) is 30.0 Å². The van der Waals surface area contributed by atoms with Gasteiger partial charge in [0, 0.05) is 17.9 Å². The number of thioether (sulfide) groups is 1. The van der Waals surface area contributed by atoms with Gasteiger partial charge in [0.25, 0.3) is 0 Å². The predicted molar refractivity (Wildman–Crippen MR) is 126 cm³/mol. The first-order chi connectivity index (χ1) is 14.6. The normalized spacial score (nSPS) is 22.7. The molecule has 0 atom stereocenters. The topological polar surface area (TPSA) is 41.9 Å². The quantitative estimate of drug-likeness (QED) is 0.406. The minimum absolute atomic E-state index is 0.295. The van der Waals surface area contributed by atoms with Gasteiger partial charge in [0.05, 0.1) is 17.8 Å². The molecule has 1 aromatic rings. The zero-order chi connectivity index (χ0) is 21.0. The van der Waals surface area contributed by atoms with E-state index in [9.17, 15) is 4.79 Å². The fourth-order valence-electron chi connectivity index (χ4n) is 5.31. The highest BCUT2D eigenvalue weighted by atomic mass is 32.2. The van der Waals surface area contributed by atoms with Crippen LogP contribution in [0.25, 0.3) is 6.08 Å². The van der Waals surface area contributed by atoms with Gasteiger partial charge in [0.1, 0.15) is 0 Å². The Balaban J connectivity index is 1.60. The van der Waals surface area contributed by atoms with Crippen LogP contribution in [0.1, 0.15) is 76.3 Å². The van der Waals surface area contributed by atoms with E-state index < -0.39 is 0 Å². The van der Waals surface area contributed by atoms with Crippen LogP contribution in [0, 0.1) is 0 Å². The summed E-state index contributed by atoms with van der Waals surface area (Å²) in [6.45, 7) is 4.39. The number of aliphatic imine (C=N–C) groups is 1. The van der Waals surface area contributed by atoms with E-state index in [4.69, 9.17) is 9.73 Å². The predicted octanol–water partition coefficient (Wildman–Crippen LogP) is 6.12. The van der Waals surface area contributed by atoms with Crippen molar-refractivity contribution in [1.82, 2.24) is 4.90 Å². The lowest BCUT2D eigenvalue weighted by Gasteiger charge is -2.40. The summed E-state index contributed by atoms with van der Waals surface area (Å²) in [7, 11) is 0. The van der Waals surface area contributed by atoms with Gasteiger partial charge in [-0.05, 0) is 68.4 Å². The molecule has 0 aromatic heterocycles. The van der Waals surface area contributed by atoms with Crippen LogP contribution in [0.4, 0.5) is 5.69 Å². The van der Waals surface area contributed by atoms with Gasteiger partial charge in [-0.2, -0.15) is 0 Å². The van der Waals surface area contributed by atoms with Gasteiger partial charge in [0.2, 0.25) is 0 Å². The number of hydrogen-bond acceptors (Lipinski definition) is 4. The van der Waals surface area contributed by atoms with Crippen molar-refractivity contribution in [3.8, 4) is 0 Å². The third kappa shape index (κ3) is 4.46. The number of rotatable bonds is 6. The molecule has 0 unspecified atom stereocenters. The molecule has 1 aromatic carbocycles. The summed E-state index contributed by atoms with van der Waals surface area (Å²) < 4.78 is 4.98. The summed E-state index contributed by atoms with van der Waals surface area (Å²) in [4.78, 5) is 19.6. The van der Waals surface area contributed by atoms with Crippen molar-refractivity contribution in [2.45, 2.75) is 83.2 Å². The molecule has 0 radical (unpaired) electrons. The molecule has 162 valence electrons. The van der Waals surface area contributed by atoms with Gasteiger partial charge in [-0.3, -0.25) is 0 Å². The van der Waals surface area contributed by atoms with Gasteiger partial charge in [0.15, 0.2) is 5.17 Å². The number of amidine groups is 1. The number of nitrogens with zero attached hydrogens (tertiary/aromatic N) is 2. The maximum absolute atomic E-state index is 11.6. The van der Waals surface area contributed by atoms with E-state index >= 15 is 0 Å². The molecule has 4 rings (SSSR count). The first-order valence-corrected chi connectivity index (χ1v) is 12.6. The Morgan fingerprint density at radius 3 is 2.70 bits per heavy atom. The van der Waals surface area contributed by atoms with Crippen LogP contribution in [0.15, 0.2) is 29.3 Å². The Bertz CT molecular complexity index is 820. The number of carbonyl (C=O) groups is 1. The number of carbonyl (C=O) groups excluding carboxylic acids is 1. The molecule has 3 fully saturated rings. The first-order valence-electron chi connectivity index (χ1n) is 11.6. The maximum Gasteiger partial charge on any atom is 0.330 e. The first kappa shape index (κ1) is 21.5. The highest BCUT2D eigenvalue weighted by molar-refractivity contribution is 8.14. The van der Waals surface area contributed by atoms with Crippen molar-refractivity contribution in [1.29, 1.82) is 0 Å². The number of benzene rings is 1. The monoisotopic (exact) mass is 426 g/mol. The summed E-state index contributed by atoms with van der Waals surface area (Å²) in [6, 6.07) is 7.00. The van der Waals surface area contributed by atoms with E-state index in [0.29, 0.717) is 18.2 Å². The summed E-state index contributed by atoms with van der Waals surface area (Å²) in [5, 5.41) is 1.24. The zero-order valence-electron chi connectivity index (χ0n) is 18.4. The average molecular weight is 427 g/mol. The Hall–Kier alpha value is -1.75. The average Bonchev–Trinajstić information content (AvgIpc) is 3.50. The zero-order valence-corrected chi connectivity index (χ0v) is 19.2. The van der Waals surface area contributed by atoms with E-state index in [1.807, 2.05) is 24.8 Å². The van der Waals surface area contributed by atoms with Crippen LogP contribution >= 0.6 is 11.8 Å². The summed E-state index contributed by atoms with van der Waals surface area (Å²) in [5.74, 6) is 0.903. The highest BCUT2D eigenvalue weighted by Gasteiger charge is 2.49. The molecule has 0 bridgehead atoms. The van der Waals surface area contributed by atoms with Crippen molar-refractivity contribution in [2.24, 2.45) is 4.99 Å². The molecular weight excluding hydrogens is 392 g/mol. The minimum Gasteiger partial charge on any atom is -0.463 e. The van der Waals surface area contributed by atoms with Crippen LogP contribution in [0.3, 0.4) is 0 Å². The fourth-order valence-corrected chi connectivity index (χ4v) is 6.78. The van der Waals surface area contributed by atoms with Gasteiger partial charge in [-0.25, -0.2) is 9.79 Å². The lowest BCUT2D eigenvalue weighted by atomic mass is 9.95. The number of aryl methyl sites for hydroxylation is 1. The molecule has 1 saturated heterocycles. The SMILES string of the molecule is CCOC(=O)/C=C/c1ccc(N=C2SCC3(CCCC3)N2C2CCCC2)c(CC)c1. The second-order valence-electron chi connectivity index (χ2n) is 8.75. The molecule has 3 aliphatic rings. The lowest BCUT2D eigenvalue weighted by molar-refractivity contribution is -0.137. The molecule has 0 N–H and O–H groups in total. The minimum atomic E-state index is -0.295. The lowest BCUT2D eigenvalue weighted by Crippen LogP contribution is -2.50. The number of ether oxygens (including phenoxy) is 1. The molecule has 4 nitrogen and oxygen atoms in total. The molecule has 1 spiro atoms. The molecule has 2 aliphatic carbocycles. The van der Waals surface area contributed by atoms with E-state index in [0.717, 1.165) is 17.7 Å². The largest absolute Gasteiger partial charge is 0.463 e. The second kappa shape index (κ2) is 9.59. The van der Waals surface area contributed by atoms with Crippen LogP contribution in [0.2, 0.25) is 0 Å². The fraction of sp³-hybridized carbons (Fsp3) is 0.600. The Labute approximate surface area is 185 Å². The van der Waals surface area contributed by atoms with E-state index in [-0.39, 0.29) is 5.97 Å². The number of esters is 1. The van der Waals surface area contributed by atoms with Crippen molar-refractivity contribution in [3.63, 3.8) is 0 Å². The van der Waals surface area contributed by atoms with Crippen LogP contribution in [0.5, 0.6) is 0 Å². The van der Waals surface area contributed by atoms with Crippen molar-refractivity contribution < 1.29 is 9.53 Å². The van der Waals surface area contributed by atoms with Gasteiger partial charge < -0.3 is 9.64 Å². The summed E-state index contributed by atoms with van der Waals surface area (Å²) in [5.41, 5.74) is 3.68. The van der Waals surface area contributed by atoms with Gasteiger partial charge >= 0.3 is 5.97 Å². The maximum atomic E-state index is 11.6. The molecule has 5 heteroatoms. The highest BCUT2D eigenvalue weighted by Crippen LogP contribution is 2.48. The molecular formula is C25H34N2O2S. The smallest absolute Gasteiger partial charge is 0.330 e. The van der Waals surface area contributed by atoms with Crippen molar-refractivity contribution in [2.75, 3.05) is 12.4 Å². The van der Waals surface area contributed by atoms with Crippen molar-refractivity contribution in [3.05, 3.63) is 35.4 Å². The Morgan fingerprint density at radius 1 is 1.23 bits per heavy atom. The van der Waals surface area contributed by atoms with Crippen LogP contribution in [-0.2, 0) is 16.0 Å². The standard InChI is InChI=1S/C25H34N2O2S/c1-3-20-17-19(12-14-23(28)29-4-2)11-13-22(20)26-24-27(21-9-5-6-10-21)25(18-30-24)15-7-8-16-25/h11-14,17,21H,3-10,15-16,18H2,1-2H3/b14-12+,26-24?. The van der Waals surface area contributed by atoms with Gasteiger partial charge in [-0.1, -0.05) is 50.4 Å². The Morgan fingerprint density at radius 2 is 2.00 bits per heavy atom. The third-order valence-corrected chi connectivity index (χ3v) is 8.04. The molecule has 30 heavy (non-hydrogen) atoms. The van der Waals surface area contributed by atoms with E-state index in [1.54, 1.807) is 0 Å². The molecule has 1 aliphatic heterocycles. The van der Waals surface area contributed by atoms with Crippen molar-refractivity contribution >= 4 is 34.7 Å². The van der Waals surface area contributed by atoms with Crippen LogP contribution < -0.4 is 0 Å². The molecule has 1 heterocycles. The molecule has 2 saturated carbocycles. The third-order valence-electron chi connectivity index (χ3n) is 6.81. The van der Waals surface area contributed by atoms with Gasteiger partial charge in [-0.15, -0.1) is 0 Å². The Kier molecular flexibility index (Phi) is 6.87. The van der Waals surface area contributed by atoms with Crippen LogP contribution in [-0.4, -0.2) is 40.0 Å². The summed E-state index contributed by atoms with van der Waals surface area (Å²) in [6.07, 6.45) is 15.0.